The maximum absolute atomic E-state index is 12.0. The molecule has 2 heterocycles. The van der Waals surface area contributed by atoms with E-state index < -0.39 is 24.1 Å². The van der Waals surface area contributed by atoms with E-state index in [2.05, 4.69) is 10.4 Å². The Labute approximate surface area is 109 Å². The lowest BCUT2D eigenvalue weighted by atomic mass is 10.2. The Morgan fingerprint density at radius 1 is 1.58 bits per heavy atom. The van der Waals surface area contributed by atoms with Gasteiger partial charge in [0.1, 0.15) is 6.04 Å². The average Bonchev–Trinajstić information content (AvgIpc) is 2.95. The van der Waals surface area contributed by atoms with Gasteiger partial charge in [-0.25, -0.2) is 9.59 Å². The largest absolute Gasteiger partial charge is 0.480 e. The maximum Gasteiger partial charge on any atom is 0.326 e. The molecule has 8 heteroatoms. The molecule has 0 radical (unpaired) electrons. The summed E-state index contributed by atoms with van der Waals surface area (Å²) in [6.45, 7) is 2.61. The fourth-order valence-corrected chi connectivity index (χ4v) is 2.07. The van der Waals surface area contributed by atoms with E-state index in [0.717, 1.165) is 4.90 Å². The van der Waals surface area contributed by atoms with Gasteiger partial charge >= 0.3 is 12.0 Å². The van der Waals surface area contributed by atoms with Gasteiger partial charge in [0.2, 0.25) is 0 Å². The number of aliphatic hydroxyl groups is 1. The highest BCUT2D eigenvalue weighted by atomic mass is 16.4. The molecule has 8 nitrogen and oxygen atoms in total. The number of carboxylic acids is 1. The molecule has 0 aromatic carbocycles. The summed E-state index contributed by atoms with van der Waals surface area (Å²) in [5, 5.41) is 25.1. The number of β-amino-alcohol motifs (C(OH)–C–C–N with tert-alkyl or cyclic N) is 1. The van der Waals surface area contributed by atoms with Crippen molar-refractivity contribution in [2.24, 2.45) is 0 Å². The van der Waals surface area contributed by atoms with Gasteiger partial charge in [0.15, 0.2) is 0 Å². The van der Waals surface area contributed by atoms with Crippen molar-refractivity contribution in [3.05, 3.63) is 12.4 Å². The number of nitrogens with one attached hydrogen (secondary N) is 1. The second-order valence-electron chi connectivity index (χ2n) is 4.41. The average molecular weight is 268 g/mol. The molecule has 0 spiro atoms. The number of aromatic nitrogens is 2. The van der Waals surface area contributed by atoms with E-state index in [0.29, 0.717) is 12.2 Å². The highest BCUT2D eigenvalue weighted by Crippen LogP contribution is 2.19. The van der Waals surface area contributed by atoms with Crippen molar-refractivity contribution in [1.82, 2.24) is 14.7 Å². The molecule has 1 saturated heterocycles. The molecule has 0 bridgehead atoms. The van der Waals surface area contributed by atoms with Crippen LogP contribution in [0.25, 0.3) is 0 Å². The van der Waals surface area contributed by atoms with Crippen LogP contribution in [0.15, 0.2) is 12.4 Å². The van der Waals surface area contributed by atoms with E-state index in [4.69, 9.17) is 5.11 Å². The Balaban J connectivity index is 2.04. The van der Waals surface area contributed by atoms with Gasteiger partial charge in [-0.15, -0.1) is 0 Å². The van der Waals surface area contributed by atoms with Crippen molar-refractivity contribution in [2.45, 2.75) is 32.0 Å². The van der Waals surface area contributed by atoms with Crippen LogP contribution in [0.2, 0.25) is 0 Å². The number of anilines is 1. The first-order valence-corrected chi connectivity index (χ1v) is 6.02. The molecule has 1 aliphatic rings. The van der Waals surface area contributed by atoms with Gasteiger partial charge in [0.25, 0.3) is 0 Å². The van der Waals surface area contributed by atoms with Crippen LogP contribution in [0.5, 0.6) is 0 Å². The van der Waals surface area contributed by atoms with Crippen molar-refractivity contribution < 1.29 is 19.8 Å². The van der Waals surface area contributed by atoms with Crippen molar-refractivity contribution in [3.63, 3.8) is 0 Å². The van der Waals surface area contributed by atoms with E-state index in [1.165, 1.54) is 6.20 Å². The molecule has 19 heavy (non-hydrogen) atoms. The zero-order valence-electron chi connectivity index (χ0n) is 10.5. The van der Waals surface area contributed by atoms with Crippen molar-refractivity contribution in [3.8, 4) is 0 Å². The number of hydrogen-bond donors (Lipinski definition) is 3. The van der Waals surface area contributed by atoms with Crippen LogP contribution in [0.3, 0.4) is 0 Å². The first-order valence-electron chi connectivity index (χ1n) is 6.02. The Kier molecular flexibility index (Phi) is 3.70. The Hall–Kier alpha value is -2.09. The first-order chi connectivity index (χ1) is 9.01. The number of likely N-dealkylation sites (tertiary alicyclic amines) is 1. The zero-order valence-corrected chi connectivity index (χ0v) is 10.5. The molecular formula is C11H16N4O4. The smallest absolute Gasteiger partial charge is 0.326 e. The molecule has 2 rings (SSSR count). The Morgan fingerprint density at radius 2 is 2.32 bits per heavy atom. The predicted octanol–water partition coefficient (Wildman–Crippen LogP) is -0.0453. The van der Waals surface area contributed by atoms with Gasteiger partial charge in [-0.05, 0) is 6.92 Å². The molecular weight excluding hydrogens is 252 g/mol. The zero-order chi connectivity index (χ0) is 14.0. The van der Waals surface area contributed by atoms with Crippen LogP contribution in [0.4, 0.5) is 10.5 Å². The second-order valence-corrected chi connectivity index (χ2v) is 4.41. The van der Waals surface area contributed by atoms with Gasteiger partial charge in [0, 0.05) is 25.7 Å². The standard InChI is InChI=1S/C11H16N4O4/c1-2-14-5-7(4-12-14)13-11(19)15-6-8(16)3-9(15)10(17)18/h4-5,8-9,16H,2-3,6H2,1H3,(H,13,19)(H,17,18). The molecule has 1 aromatic heterocycles. The number of aryl methyl sites for hydroxylation is 1. The third kappa shape index (κ3) is 2.84. The minimum atomic E-state index is -1.11. The normalized spacial score (nSPS) is 22.5. The van der Waals surface area contributed by atoms with E-state index in [1.807, 2.05) is 6.92 Å². The lowest BCUT2D eigenvalue weighted by molar-refractivity contribution is -0.141. The topological polar surface area (TPSA) is 108 Å². The van der Waals surface area contributed by atoms with Crippen LogP contribution in [0.1, 0.15) is 13.3 Å². The summed E-state index contributed by atoms with van der Waals surface area (Å²) >= 11 is 0. The molecule has 2 atom stereocenters. The van der Waals surface area contributed by atoms with Crippen molar-refractivity contribution in [2.75, 3.05) is 11.9 Å². The molecule has 1 fully saturated rings. The summed E-state index contributed by atoms with van der Waals surface area (Å²) in [5.41, 5.74) is 0.498. The monoisotopic (exact) mass is 268 g/mol. The van der Waals surface area contributed by atoms with Gasteiger partial charge in [-0.3, -0.25) is 4.68 Å². The lowest BCUT2D eigenvalue weighted by Crippen LogP contribution is -2.43. The summed E-state index contributed by atoms with van der Waals surface area (Å²) in [6.07, 6.45) is 2.39. The number of urea groups is 1. The van der Waals surface area contributed by atoms with Crippen LogP contribution >= 0.6 is 0 Å². The highest BCUT2D eigenvalue weighted by Gasteiger charge is 2.39. The lowest BCUT2D eigenvalue weighted by Gasteiger charge is -2.20. The van der Waals surface area contributed by atoms with E-state index in [1.54, 1.807) is 10.9 Å². The number of carboxylic acid groups (broad SMARTS) is 1. The molecule has 2 amide bonds. The van der Waals surface area contributed by atoms with Gasteiger partial charge in [-0.1, -0.05) is 0 Å². The van der Waals surface area contributed by atoms with E-state index >= 15 is 0 Å². The number of carbonyl (C=O) groups is 2. The minimum absolute atomic E-state index is 0.0186. The Morgan fingerprint density at radius 3 is 2.89 bits per heavy atom. The second kappa shape index (κ2) is 5.27. The molecule has 2 unspecified atom stereocenters. The summed E-state index contributed by atoms with van der Waals surface area (Å²) in [6, 6.07) is -1.53. The van der Waals surface area contributed by atoms with Gasteiger partial charge in [0.05, 0.1) is 18.0 Å². The molecule has 1 aliphatic heterocycles. The number of aliphatic hydroxyl groups excluding tert-OH is 1. The number of aliphatic carboxylic acids is 1. The summed E-state index contributed by atoms with van der Waals surface area (Å²) < 4.78 is 1.64. The SMILES string of the molecule is CCn1cc(NC(=O)N2CC(O)CC2C(=O)O)cn1. The molecule has 0 saturated carbocycles. The van der Waals surface area contributed by atoms with E-state index in [-0.39, 0.29) is 13.0 Å². The summed E-state index contributed by atoms with van der Waals surface area (Å²) in [5.74, 6) is -1.11. The number of rotatable bonds is 3. The molecule has 0 aliphatic carbocycles. The quantitative estimate of drug-likeness (QED) is 0.712. The van der Waals surface area contributed by atoms with Crippen LogP contribution in [0, 0.1) is 0 Å². The van der Waals surface area contributed by atoms with Gasteiger partial charge in [-0.2, -0.15) is 5.10 Å². The Bertz CT molecular complexity index is 487. The van der Waals surface area contributed by atoms with Crippen molar-refractivity contribution >= 4 is 17.7 Å². The van der Waals surface area contributed by atoms with E-state index in [9.17, 15) is 14.7 Å². The fraction of sp³-hybridized carbons (Fsp3) is 0.545. The maximum atomic E-state index is 12.0. The molecule has 1 aromatic rings. The van der Waals surface area contributed by atoms with Crippen LogP contribution in [-0.4, -0.2) is 55.6 Å². The molecule has 3 N–H and O–H groups in total. The summed E-state index contributed by atoms with van der Waals surface area (Å²) in [7, 11) is 0. The third-order valence-electron chi connectivity index (χ3n) is 3.03. The van der Waals surface area contributed by atoms with Crippen LogP contribution < -0.4 is 5.32 Å². The predicted molar refractivity (Wildman–Crippen MR) is 65.7 cm³/mol. The van der Waals surface area contributed by atoms with Crippen LogP contribution in [-0.2, 0) is 11.3 Å². The van der Waals surface area contributed by atoms with Crippen molar-refractivity contribution in [1.29, 1.82) is 0 Å². The minimum Gasteiger partial charge on any atom is -0.480 e. The summed E-state index contributed by atoms with van der Waals surface area (Å²) in [4.78, 5) is 24.1. The third-order valence-corrected chi connectivity index (χ3v) is 3.03. The number of hydrogen-bond acceptors (Lipinski definition) is 4. The first kappa shape index (κ1) is 13.3. The number of amides is 2. The van der Waals surface area contributed by atoms with Gasteiger partial charge < -0.3 is 20.4 Å². The highest BCUT2D eigenvalue weighted by molar-refractivity contribution is 5.92. The number of nitrogens with zero attached hydrogens (tertiary/aromatic N) is 3. The molecule has 104 valence electrons. The fourth-order valence-electron chi connectivity index (χ4n) is 2.07. The number of carbonyl (C=O) groups excluding carboxylic acids is 1.